The molecule has 140 valence electrons. The van der Waals surface area contributed by atoms with Crippen LogP contribution >= 0.6 is 11.6 Å². The second-order valence-corrected chi connectivity index (χ2v) is 6.56. The van der Waals surface area contributed by atoms with Crippen molar-refractivity contribution < 1.29 is 28.6 Å². The summed E-state index contributed by atoms with van der Waals surface area (Å²) < 4.78 is 29.6. The third kappa shape index (κ3) is 2.94. The van der Waals surface area contributed by atoms with Crippen LogP contribution < -0.4 is 0 Å². The Kier molecular flexibility index (Phi) is 4.65. The van der Waals surface area contributed by atoms with Gasteiger partial charge in [0.1, 0.15) is 0 Å². The molecule has 1 heterocycles. The lowest BCUT2D eigenvalue weighted by atomic mass is 9.97. The smallest absolute Gasteiger partial charge is 0.310 e. The van der Waals surface area contributed by atoms with Crippen LogP contribution in [-0.2, 0) is 4.79 Å². The Morgan fingerprint density at radius 3 is 2.48 bits per heavy atom. The lowest BCUT2D eigenvalue weighted by Crippen LogP contribution is -2.15. The molecule has 2 aromatic carbocycles. The van der Waals surface area contributed by atoms with Crippen molar-refractivity contribution in [1.82, 2.24) is 4.57 Å². The molecule has 0 aliphatic rings. The lowest BCUT2D eigenvalue weighted by Gasteiger charge is -2.09. The third-order valence-corrected chi connectivity index (χ3v) is 4.72. The highest BCUT2D eigenvalue weighted by Gasteiger charge is 2.30. The molecule has 0 unspecified atom stereocenters. The van der Waals surface area contributed by atoms with Gasteiger partial charge in [-0.3, -0.25) is 14.2 Å². The van der Waals surface area contributed by atoms with Gasteiger partial charge < -0.3 is 10.2 Å². The van der Waals surface area contributed by atoms with Gasteiger partial charge in [-0.2, -0.15) is 0 Å². The number of phenols is 1. The van der Waals surface area contributed by atoms with Gasteiger partial charge in [0.25, 0.3) is 5.91 Å². The Morgan fingerprint density at radius 2 is 1.89 bits per heavy atom. The molecule has 5 nitrogen and oxygen atoms in total. The number of carboxylic acids is 1. The van der Waals surface area contributed by atoms with E-state index in [0.29, 0.717) is 5.02 Å². The van der Waals surface area contributed by atoms with E-state index in [0.717, 1.165) is 10.6 Å². The highest BCUT2D eigenvalue weighted by Crippen LogP contribution is 2.38. The summed E-state index contributed by atoms with van der Waals surface area (Å²) in [5.74, 6) is -6.88. The van der Waals surface area contributed by atoms with Gasteiger partial charge in [0.15, 0.2) is 17.4 Å². The molecule has 0 radical (unpaired) electrons. The number of fused-ring (bicyclic) bond motifs is 1. The molecule has 27 heavy (non-hydrogen) atoms. The van der Waals surface area contributed by atoms with E-state index in [1.807, 2.05) is 0 Å². The van der Waals surface area contributed by atoms with Gasteiger partial charge in [-0.15, -0.1) is 0 Å². The monoisotopic (exact) mass is 393 g/mol. The molecule has 0 saturated carbocycles. The van der Waals surface area contributed by atoms with Crippen molar-refractivity contribution in [3.05, 3.63) is 63.8 Å². The number of hydrogen-bond acceptors (Lipinski definition) is 3. The van der Waals surface area contributed by atoms with Gasteiger partial charge in [-0.25, -0.2) is 8.78 Å². The summed E-state index contributed by atoms with van der Waals surface area (Å²) in [5.41, 5.74) is 0.105. The summed E-state index contributed by atoms with van der Waals surface area (Å²) in [5, 5.41) is 19.0. The maximum Gasteiger partial charge on any atom is 0.310 e. The molecular formula is C19H14ClF2NO4. The summed E-state index contributed by atoms with van der Waals surface area (Å²) in [6.07, 6.45) is 0. The van der Waals surface area contributed by atoms with Crippen molar-refractivity contribution in [3.8, 4) is 5.75 Å². The third-order valence-electron chi connectivity index (χ3n) is 4.49. The Balaban J connectivity index is 2.41. The van der Waals surface area contributed by atoms with Crippen LogP contribution in [0.1, 0.15) is 34.5 Å². The number of nitrogens with zero attached hydrogens (tertiary/aromatic N) is 1. The average molecular weight is 394 g/mol. The summed E-state index contributed by atoms with van der Waals surface area (Å²) in [7, 11) is 0. The van der Waals surface area contributed by atoms with E-state index in [1.54, 1.807) is 12.1 Å². The quantitative estimate of drug-likeness (QED) is 0.688. The first-order chi connectivity index (χ1) is 12.6. The number of benzene rings is 2. The summed E-state index contributed by atoms with van der Waals surface area (Å²) in [6.45, 7) is 2.75. The van der Waals surface area contributed by atoms with Crippen molar-refractivity contribution in [2.45, 2.75) is 19.8 Å². The number of aliphatic carboxylic acids is 1. The Bertz CT molecular complexity index is 1110. The Morgan fingerprint density at radius 1 is 1.22 bits per heavy atom. The number of carbonyl (C=O) groups excluding carboxylic acids is 1. The zero-order valence-electron chi connectivity index (χ0n) is 14.3. The second kappa shape index (κ2) is 6.66. The van der Waals surface area contributed by atoms with Gasteiger partial charge in [0.2, 0.25) is 0 Å². The molecule has 8 heteroatoms. The molecule has 1 aromatic heterocycles. The van der Waals surface area contributed by atoms with Gasteiger partial charge in [0, 0.05) is 27.7 Å². The maximum absolute atomic E-state index is 14.6. The van der Waals surface area contributed by atoms with E-state index in [-0.39, 0.29) is 27.7 Å². The number of aromatic nitrogens is 1. The van der Waals surface area contributed by atoms with Crippen molar-refractivity contribution in [2.75, 3.05) is 0 Å². The summed E-state index contributed by atoms with van der Waals surface area (Å²) >= 11 is 5.91. The van der Waals surface area contributed by atoms with Gasteiger partial charge in [-0.1, -0.05) is 17.7 Å². The second-order valence-electron chi connectivity index (χ2n) is 6.13. The van der Waals surface area contributed by atoms with Crippen molar-refractivity contribution in [2.24, 2.45) is 0 Å². The van der Waals surface area contributed by atoms with E-state index in [4.69, 9.17) is 11.6 Å². The van der Waals surface area contributed by atoms with Crippen LogP contribution in [0.4, 0.5) is 8.78 Å². The molecule has 1 atom stereocenters. The topological polar surface area (TPSA) is 79.5 Å². The standard InChI is InChI=1S/C19H14ClF2NO4/c1-8(19(26)27)14-9(2)23(18(25)10-4-3-5-11(20)6-10)13-7-12(21)17(24)16(22)15(13)14/h3-8,24H,1-2H3,(H,26,27)/t8-/m0/s1. The van der Waals surface area contributed by atoms with Crippen LogP contribution in [0.25, 0.3) is 10.9 Å². The first kappa shape index (κ1) is 18.8. The molecule has 0 bridgehead atoms. The highest BCUT2D eigenvalue weighted by molar-refractivity contribution is 6.31. The molecule has 3 rings (SSSR count). The van der Waals surface area contributed by atoms with E-state index < -0.39 is 35.2 Å². The number of carboxylic acid groups (broad SMARTS) is 1. The predicted molar refractivity (Wildman–Crippen MR) is 95.5 cm³/mol. The molecule has 0 aliphatic carbocycles. The van der Waals surface area contributed by atoms with Crippen LogP contribution in [0, 0.1) is 18.6 Å². The minimum atomic E-state index is -1.31. The molecule has 0 saturated heterocycles. The fourth-order valence-electron chi connectivity index (χ4n) is 3.18. The SMILES string of the molecule is Cc1c([C@H](C)C(=O)O)c2c(F)c(O)c(F)cc2n1C(=O)c1cccc(Cl)c1. The predicted octanol–water partition coefficient (Wildman–Crippen LogP) is 4.46. The minimum absolute atomic E-state index is 0.0133. The first-order valence-electron chi connectivity index (χ1n) is 7.90. The first-order valence-corrected chi connectivity index (χ1v) is 8.27. The van der Waals surface area contributed by atoms with Crippen LogP contribution in [-0.4, -0.2) is 26.7 Å². The van der Waals surface area contributed by atoms with Crippen molar-refractivity contribution in [3.63, 3.8) is 0 Å². The average Bonchev–Trinajstić information content (AvgIpc) is 2.90. The van der Waals surface area contributed by atoms with E-state index in [9.17, 15) is 28.6 Å². The number of rotatable bonds is 3. The summed E-state index contributed by atoms with van der Waals surface area (Å²) in [4.78, 5) is 24.5. The Hall–Kier alpha value is -2.93. The Labute approximate surface area is 157 Å². The molecule has 0 fully saturated rings. The van der Waals surface area contributed by atoms with Crippen molar-refractivity contribution >= 4 is 34.4 Å². The number of phenolic OH excluding ortho intramolecular Hbond substituents is 1. The largest absolute Gasteiger partial charge is 0.503 e. The van der Waals surface area contributed by atoms with Crippen molar-refractivity contribution in [1.29, 1.82) is 0 Å². The number of hydrogen-bond donors (Lipinski definition) is 2. The van der Waals surface area contributed by atoms with Crippen LogP contribution in [0.5, 0.6) is 5.75 Å². The molecule has 0 spiro atoms. The normalized spacial score (nSPS) is 12.3. The van der Waals surface area contributed by atoms with Gasteiger partial charge >= 0.3 is 5.97 Å². The molecular weight excluding hydrogens is 380 g/mol. The van der Waals surface area contributed by atoms with Crippen LogP contribution in [0.3, 0.4) is 0 Å². The fraction of sp³-hybridized carbons (Fsp3) is 0.158. The highest BCUT2D eigenvalue weighted by atomic mass is 35.5. The molecule has 0 aliphatic heterocycles. The minimum Gasteiger partial charge on any atom is -0.503 e. The molecule has 3 aromatic rings. The van der Waals surface area contributed by atoms with Crippen LogP contribution in [0.2, 0.25) is 5.02 Å². The fourth-order valence-corrected chi connectivity index (χ4v) is 3.37. The number of halogens is 3. The zero-order chi connectivity index (χ0) is 20.0. The number of aromatic hydroxyl groups is 1. The van der Waals surface area contributed by atoms with E-state index in [2.05, 4.69) is 0 Å². The van der Waals surface area contributed by atoms with Crippen LogP contribution in [0.15, 0.2) is 30.3 Å². The molecule has 2 N–H and O–H groups in total. The van der Waals surface area contributed by atoms with Gasteiger partial charge in [-0.05, 0) is 37.6 Å². The van der Waals surface area contributed by atoms with E-state index in [1.165, 1.54) is 26.0 Å². The molecule has 0 amide bonds. The zero-order valence-corrected chi connectivity index (χ0v) is 15.0. The lowest BCUT2D eigenvalue weighted by molar-refractivity contribution is -0.138. The summed E-state index contributed by atoms with van der Waals surface area (Å²) in [6, 6.07) is 6.79. The van der Waals surface area contributed by atoms with Gasteiger partial charge in [0.05, 0.1) is 11.4 Å². The maximum atomic E-state index is 14.6. The number of carbonyl (C=O) groups is 2. The van der Waals surface area contributed by atoms with E-state index >= 15 is 0 Å².